The number of thiol groups is 1. The van der Waals surface area contributed by atoms with Crippen LogP contribution in [0.25, 0.3) is 0 Å². The van der Waals surface area contributed by atoms with Gasteiger partial charge < -0.3 is 5.11 Å². The maximum absolute atomic E-state index is 10.6. The molecule has 0 aliphatic heterocycles. The van der Waals surface area contributed by atoms with Gasteiger partial charge in [-0.2, -0.15) is 0 Å². The Kier molecular flexibility index (Phi) is 3.85. The molecule has 1 aromatic carbocycles. The fraction of sp³-hybridized carbons (Fsp3) is 0.300. The summed E-state index contributed by atoms with van der Waals surface area (Å²) >= 11 is 0. The molecule has 0 aromatic heterocycles. The lowest BCUT2D eigenvalue weighted by molar-refractivity contribution is 0.0696. The Bertz CT molecular complexity index is 441. The molecule has 0 amide bonds. The molecule has 0 aliphatic rings. The zero-order valence-corrected chi connectivity index (χ0v) is 9.16. The standard InChI is InChI=1S/C10H12O4S/c1-7-6-9(10(11)12)3-2-8(7)4-5-15(13)14/h2-3,6,15H,4-5H2,1H3,(H,11,12). The average Bonchev–Trinajstić information content (AvgIpc) is 2.15. The monoisotopic (exact) mass is 228 g/mol. The van der Waals surface area contributed by atoms with Gasteiger partial charge in [0.25, 0.3) is 0 Å². The van der Waals surface area contributed by atoms with Crippen molar-refractivity contribution in [3.05, 3.63) is 34.9 Å². The second-order valence-corrected chi connectivity index (χ2v) is 4.37. The molecule has 0 atom stereocenters. The topological polar surface area (TPSA) is 71.4 Å². The molecule has 0 spiro atoms. The molecule has 4 nitrogen and oxygen atoms in total. The van der Waals surface area contributed by atoms with E-state index in [9.17, 15) is 13.2 Å². The summed E-state index contributed by atoms with van der Waals surface area (Å²) in [7, 11) is -2.37. The number of aryl methyl sites for hydroxylation is 2. The predicted octanol–water partition coefficient (Wildman–Crippen LogP) is 0.847. The SMILES string of the molecule is Cc1cc(C(=O)O)ccc1CC[SH](=O)=O. The van der Waals surface area contributed by atoms with Gasteiger partial charge in [0.2, 0.25) is 0 Å². The van der Waals surface area contributed by atoms with Crippen molar-refractivity contribution < 1.29 is 18.3 Å². The molecule has 0 unspecified atom stereocenters. The third-order valence-corrected chi connectivity index (χ3v) is 2.74. The van der Waals surface area contributed by atoms with Crippen molar-refractivity contribution in [2.45, 2.75) is 13.3 Å². The summed E-state index contributed by atoms with van der Waals surface area (Å²) in [6.45, 7) is 1.78. The molecule has 0 fully saturated rings. The molecule has 0 saturated carbocycles. The molecule has 5 heteroatoms. The first-order valence-corrected chi connectivity index (χ1v) is 5.81. The van der Waals surface area contributed by atoms with Gasteiger partial charge in [0.1, 0.15) is 10.7 Å². The van der Waals surface area contributed by atoms with Crippen LogP contribution < -0.4 is 0 Å². The molecule has 1 aromatic rings. The lowest BCUT2D eigenvalue weighted by Gasteiger charge is -2.04. The van der Waals surface area contributed by atoms with Gasteiger partial charge >= 0.3 is 5.97 Å². The Labute approximate surface area is 89.5 Å². The number of carboxylic acids is 1. The predicted molar refractivity (Wildman–Crippen MR) is 57.0 cm³/mol. The zero-order chi connectivity index (χ0) is 11.4. The highest BCUT2D eigenvalue weighted by atomic mass is 32.2. The molecule has 82 valence electrons. The Hall–Kier alpha value is -1.36. The molecule has 0 saturated heterocycles. The highest BCUT2D eigenvalue weighted by molar-refractivity contribution is 7.72. The smallest absolute Gasteiger partial charge is 0.335 e. The van der Waals surface area contributed by atoms with E-state index in [1.807, 2.05) is 0 Å². The average molecular weight is 228 g/mol. The van der Waals surface area contributed by atoms with Crippen molar-refractivity contribution in [1.82, 2.24) is 0 Å². The van der Waals surface area contributed by atoms with Crippen LogP contribution in [-0.2, 0) is 17.1 Å². The van der Waals surface area contributed by atoms with Gasteiger partial charge in [-0.05, 0) is 36.6 Å². The summed E-state index contributed by atoms with van der Waals surface area (Å²) in [4.78, 5) is 10.6. The van der Waals surface area contributed by atoms with Crippen LogP contribution in [0.15, 0.2) is 18.2 Å². The van der Waals surface area contributed by atoms with E-state index in [1.54, 1.807) is 19.1 Å². The summed E-state index contributed by atoms with van der Waals surface area (Å²) in [5.74, 6) is -0.873. The first-order valence-electron chi connectivity index (χ1n) is 4.45. The molecule has 15 heavy (non-hydrogen) atoms. The van der Waals surface area contributed by atoms with Gasteiger partial charge in [-0.15, -0.1) is 0 Å². The van der Waals surface area contributed by atoms with Crippen LogP contribution in [0.4, 0.5) is 0 Å². The minimum absolute atomic E-state index is 0.0998. The van der Waals surface area contributed by atoms with Crippen LogP contribution in [0.2, 0.25) is 0 Å². The molecule has 0 bridgehead atoms. The summed E-state index contributed by atoms with van der Waals surface area (Å²) < 4.78 is 20.8. The fourth-order valence-electron chi connectivity index (χ4n) is 1.32. The second-order valence-electron chi connectivity index (χ2n) is 3.25. The van der Waals surface area contributed by atoms with Crippen LogP contribution in [0, 0.1) is 6.92 Å². The molecule has 1 N–H and O–H groups in total. The van der Waals surface area contributed by atoms with Crippen LogP contribution >= 0.6 is 0 Å². The van der Waals surface area contributed by atoms with Crippen LogP contribution in [0.3, 0.4) is 0 Å². The number of hydrogen-bond donors (Lipinski definition) is 2. The third-order valence-electron chi connectivity index (χ3n) is 2.15. The number of rotatable bonds is 4. The van der Waals surface area contributed by atoms with E-state index < -0.39 is 16.7 Å². The van der Waals surface area contributed by atoms with Crippen molar-refractivity contribution in [3.8, 4) is 0 Å². The minimum Gasteiger partial charge on any atom is -0.478 e. The highest BCUT2D eigenvalue weighted by Crippen LogP contribution is 2.11. The van der Waals surface area contributed by atoms with E-state index in [0.29, 0.717) is 6.42 Å². The Morgan fingerprint density at radius 1 is 1.40 bits per heavy atom. The molecule has 0 radical (unpaired) electrons. The number of carbonyl (C=O) groups is 1. The summed E-state index contributed by atoms with van der Waals surface area (Å²) in [5.41, 5.74) is 1.91. The van der Waals surface area contributed by atoms with Crippen molar-refractivity contribution in [2.24, 2.45) is 0 Å². The first-order chi connectivity index (χ1) is 7.00. The minimum atomic E-state index is -2.37. The van der Waals surface area contributed by atoms with Crippen molar-refractivity contribution in [2.75, 3.05) is 5.75 Å². The maximum atomic E-state index is 10.6. The van der Waals surface area contributed by atoms with Crippen LogP contribution in [-0.4, -0.2) is 25.2 Å². The quantitative estimate of drug-likeness (QED) is 0.749. The fourth-order valence-corrected chi connectivity index (χ4v) is 1.74. The van der Waals surface area contributed by atoms with E-state index >= 15 is 0 Å². The second kappa shape index (κ2) is 4.93. The first kappa shape index (κ1) is 11.7. The van der Waals surface area contributed by atoms with Gasteiger partial charge in [0, 0.05) is 0 Å². The number of aromatic carboxylic acids is 1. The summed E-state index contributed by atoms with van der Waals surface area (Å²) in [5, 5.41) is 8.72. The third kappa shape index (κ3) is 3.36. The van der Waals surface area contributed by atoms with Crippen LogP contribution in [0.1, 0.15) is 21.5 Å². The van der Waals surface area contributed by atoms with Gasteiger partial charge in [0.05, 0.1) is 11.3 Å². The van der Waals surface area contributed by atoms with E-state index in [-0.39, 0.29) is 11.3 Å². The number of carboxylic acid groups (broad SMARTS) is 1. The normalized spacial score (nSPS) is 10.5. The lowest BCUT2D eigenvalue weighted by Crippen LogP contribution is -2.01. The lowest BCUT2D eigenvalue weighted by atomic mass is 10.0. The molecular weight excluding hydrogens is 216 g/mol. The summed E-state index contributed by atoms with van der Waals surface area (Å²) in [6.07, 6.45) is 0.435. The zero-order valence-electron chi connectivity index (χ0n) is 8.27. The van der Waals surface area contributed by atoms with Gasteiger partial charge in [-0.25, -0.2) is 13.2 Å². The Morgan fingerprint density at radius 3 is 2.53 bits per heavy atom. The van der Waals surface area contributed by atoms with Gasteiger partial charge in [-0.1, -0.05) is 6.07 Å². The van der Waals surface area contributed by atoms with Crippen molar-refractivity contribution in [3.63, 3.8) is 0 Å². The number of hydrogen-bond acceptors (Lipinski definition) is 3. The molecular formula is C10H12O4S. The maximum Gasteiger partial charge on any atom is 0.335 e. The van der Waals surface area contributed by atoms with E-state index in [1.165, 1.54) is 6.07 Å². The Morgan fingerprint density at radius 2 is 2.07 bits per heavy atom. The summed E-state index contributed by atoms with van der Waals surface area (Å²) in [6, 6.07) is 4.70. The van der Waals surface area contributed by atoms with Crippen molar-refractivity contribution in [1.29, 1.82) is 0 Å². The van der Waals surface area contributed by atoms with E-state index in [4.69, 9.17) is 5.11 Å². The molecule has 0 aliphatic carbocycles. The van der Waals surface area contributed by atoms with E-state index in [0.717, 1.165) is 11.1 Å². The molecule has 0 heterocycles. The molecule has 1 rings (SSSR count). The Balaban J connectivity index is 2.88. The number of benzene rings is 1. The largest absolute Gasteiger partial charge is 0.478 e. The highest BCUT2D eigenvalue weighted by Gasteiger charge is 2.05. The van der Waals surface area contributed by atoms with Crippen LogP contribution in [0.5, 0.6) is 0 Å². The van der Waals surface area contributed by atoms with Gasteiger partial charge in [-0.3, -0.25) is 0 Å². The van der Waals surface area contributed by atoms with Gasteiger partial charge in [0.15, 0.2) is 0 Å². The van der Waals surface area contributed by atoms with E-state index in [2.05, 4.69) is 0 Å². The van der Waals surface area contributed by atoms with Crippen molar-refractivity contribution >= 4 is 16.7 Å².